The third-order valence-electron chi connectivity index (χ3n) is 7.41. The summed E-state index contributed by atoms with van der Waals surface area (Å²) in [5.41, 5.74) is 3.65. The van der Waals surface area contributed by atoms with Gasteiger partial charge in [-0.05, 0) is 99.7 Å². The molecular formula is C34H40N4O8S2. The first kappa shape index (κ1) is 36.0. The Labute approximate surface area is 290 Å². The van der Waals surface area contributed by atoms with Crippen molar-refractivity contribution in [3.8, 4) is 23.0 Å². The zero-order valence-corrected chi connectivity index (χ0v) is 29.3. The molecule has 0 fully saturated rings. The number of esters is 2. The molecule has 2 aliphatic heterocycles. The van der Waals surface area contributed by atoms with Gasteiger partial charge in [0, 0.05) is 11.4 Å². The molecule has 2 aromatic carbocycles. The quantitative estimate of drug-likeness (QED) is 0.126. The fourth-order valence-corrected chi connectivity index (χ4v) is 5.77. The van der Waals surface area contributed by atoms with E-state index in [4.69, 9.17) is 52.9 Å². The molecule has 0 aliphatic carbocycles. The van der Waals surface area contributed by atoms with E-state index in [1.807, 2.05) is 24.3 Å². The summed E-state index contributed by atoms with van der Waals surface area (Å²) < 4.78 is 33.6. The Kier molecular flexibility index (Phi) is 12.6. The Bertz CT molecular complexity index is 1540. The second-order valence-corrected chi connectivity index (χ2v) is 11.3. The van der Waals surface area contributed by atoms with Gasteiger partial charge in [0.05, 0.1) is 50.7 Å². The van der Waals surface area contributed by atoms with E-state index in [2.05, 4.69) is 21.3 Å². The van der Waals surface area contributed by atoms with Gasteiger partial charge in [0.15, 0.2) is 33.2 Å². The first-order chi connectivity index (χ1) is 23.1. The second kappa shape index (κ2) is 16.8. The Morgan fingerprint density at radius 1 is 0.688 bits per heavy atom. The number of allylic oxidation sites excluding steroid dienone is 2. The van der Waals surface area contributed by atoms with Gasteiger partial charge in [-0.2, -0.15) is 0 Å². The fraction of sp³-hybridized carbons (Fsp3) is 0.353. The van der Waals surface area contributed by atoms with Crippen molar-refractivity contribution in [2.75, 3.05) is 40.6 Å². The lowest BCUT2D eigenvalue weighted by Gasteiger charge is -2.30. The number of rotatable bonds is 14. The molecule has 4 N–H and O–H groups in total. The molecule has 0 saturated carbocycles. The van der Waals surface area contributed by atoms with Crippen molar-refractivity contribution >= 4 is 46.6 Å². The average molecular weight is 697 g/mol. The topological polar surface area (TPSA) is 138 Å². The highest BCUT2D eigenvalue weighted by Crippen LogP contribution is 2.36. The summed E-state index contributed by atoms with van der Waals surface area (Å²) in [5.74, 6) is 1.18. The van der Waals surface area contributed by atoms with Crippen LogP contribution in [0.25, 0.3) is 0 Å². The van der Waals surface area contributed by atoms with Gasteiger partial charge in [-0.25, -0.2) is 9.59 Å². The summed E-state index contributed by atoms with van der Waals surface area (Å²) in [7, 11) is 3.10. The number of ether oxygens (including phenoxy) is 6. The summed E-state index contributed by atoms with van der Waals surface area (Å²) in [5, 5.41) is 13.1. The summed E-state index contributed by atoms with van der Waals surface area (Å²) in [6.07, 6.45) is 3.65. The first-order valence-electron chi connectivity index (χ1n) is 15.3. The number of hydrogen-bond acceptors (Lipinski definition) is 10. The molecule has 4 rings (SSSR count). The number of methoxy groups -OCH3 is 2. The SMILES string of the molecule is CCOC(=O)C1=C(C)NC(=S)NC1c1ccc(OC/C=C\COc2ccc(C3NC(=S)NC(C)=C3C(=O)OCC)cc2OC)c(OC)c1. The lowest BCUT2D eigenvalue weighted by Crippen LogP contribution is -2.45. The van der Waals surface area contributed by atoms with Crippen molar-refractivity contribution < 1.29 is 38.0 Å². The highest BCUT2D eigenvalue weighted by atomic mass is 32.1. The lowest BCUT2D eigenvalue weighted by molar-refractivity contribution is -0.140. The van der Waals surface area contributed by atoms with Crippen LogP contribution in [0.15, 0.2) is 71.1 Å². The maximum absolute atomic E-state index is 12.7. The van der Waals surface area contributed by atoms with Gasteiger partial charge in [0.25, 0.3) is 0 Å². The molecule has 2 heterocycles. The van der Waals surface area contributed by atoms with Crippen molar-refractivity contribution in [2.45, 2.75) is 39.8 Å². The predicted octanol–water partition coefficient (Wildman–Crippen LogP) is 4.43. The highest BCUT2D eigenvalue weighted by Gasteiger charge is 2.32. The van der Waals surface area contributed by atoms with Crippen LogP contribution >= 0.6 is 24.4 Å². The molecule has 12 nitrogen and oxygen atoms in total. The molecule has 0 aromatic heterocycles. The van der Waals surface area contributed by atoms with Crippen molar-refractivity contribution in [2.24, 2.45) is 0 Å². The van der Waals surface area contributed by atoms with Crippen LogP contribution in [0.3, 0.4) is 0 Å². The lowest BCUT2D eigenvalue weighted by atomic mass is 9.95. The van der Waals surface area contributed by atoms with Crippen LogP contribution in [0.1, 0.15) is 50.9 Å². The van der Waals surface area contributed by atoms with Crippen molar-refractivity contribution in [1.29, 1.82) is 0 Å². The molecule has 0 spiro atoms. The van der Waals surface area contributed by atoms with Crippen LogP contribution in [0.4, 0.5) is 0 Å². The molecule has 14 heteroatoms. The van der Waals surface area contributed by atoms with Gasteiger partial charge < -0.3 is 49.7 Å². The third-order valence-corrected chi connectivity index (χ3v) is 7.85. The van der Waals surface area contributed by atoms with E-state index in [0.717, 1.165) is 11.1 Å². The molecule has 2 atom stereocenters. The number of benzene rings is 2. The summed E-state index contributed by atoms with van der Waals surface area (Å²) in [6.45, 7) is 8.10. The van der Waals surface area contributed by atoms with Crippen LogP contribution < -0.4 is 40.2 Å². The minimum Gasteiger partial charge on any atom is -0.493 e. The average Bonchev–Trinajstić information content (AvgIpc) is 3.05. The number of carbonyl (C=O) groups excluding carboxylic acids is 2. The zero-order valence-electron chi connectivity index (χ0n) is 27.7. The zero-order chi connectivity index (χ0) is 34.8. The van der Waals surface area contributed by atoms with E-state index in [0.29, 0.717) is 55.8 Å². The Balaban J connectivity index is 1.39. The maximum Gasteiger partial charge on any atom is 0.338 e. The van der Waals surface area contributed by atoms with Crippen LogP contribution in [0.5, 0.6) is 23.0 Å². The minimum atomic E-state index is -0.516. The van der Waals surface area contributed by atoms with E-state index in [1.165, 1.54) is 0 Å². The van der Waals surface area contributed by atoms with Crippen molar-refractivity contribution in [3.63, 3.8) is 0 Å². The Morgan fingerprint density at radius 3 is 1.44 bits per heavy atom. The first-order valence-corrected chi connectivity index (χ1v) is 16.1. The fourth-order valence-electron chi connectivity index (χ4n) is 5.22. The summed E-state index contributed by atoms with van der Waals surface area (Å²) in [4.78, 5) is 25.4. The van der Waals surface area contributed by atoms with Crippen LogP contribution in [0, 0.1) is 0 Å². The Hall–Kier alpha value is -4.82. The second-order valence-electron chi connectivity index (χ2n) is 10.5. The molecule has 0 saturated heterocycles. The third kappa shape index (κ3) is 8.55. The Morgan fingerprint density at radius 2 is 1.08 bits per heavy atom. The molecule has 48 heavy (non-hydrogen) atoms. The van der Waals surface area contributed by atoms with Gasteiger partial charge in [-0.15, -0.1) is 0 Å². The normalized spacial score (nSPS) is 17.5. The molecule has 0 amide bonds. The van der Waals surface area contributed by atoms with E-state index in [1.54, 1.807) is 66.2 Å². The van der Waals surface area contributed by atoms with Gasteiger partial charge in [0.1, 0.15) is 13.2 Å². The smallest absolute Gasteiger partial charge is 0.338 e. The van der Waals surface area contributed by atoms with Crippen LogP contribution in [-0.4, -0.2) is 62.8 Å². The molecular weight excluding hydrogens is 657 g/mol. The van der Waals surface area contributed by atoms with Gasteiger partial charge in [-0.3, -0.25) is 0 Å². The van der Waals surface area contributed by atoms with Gasteiger partial charge in [0.2, 0.25) is 0 Å². The summed E-state index contributed by atoms with van der Waals surface area (Å²) in [6, 6.07) is 9.82. The predicted molar refractivity (Wildman–Crippen MR) is 188 cm³/mol. The van der Waals surface area contributed by atoms with E-state index in [-0.39, 0.29) is 26.4 Å². The van der Waals surface area contributed by atoms with Crippen LogP contribution in [-0.2, 0) is 19.1 Å². The maximum atomic E-state index is 12.7. The van der Waals surface area contributed by atoms with Gasteiger partial charge >= 0.3 is 11.9 Å². The number of nitrogens with one attached hydrogen (secondary N) is 4. The molecule has 2 aliphatic rings. The molecule has 2 unspecified atom stereocenters. The highest BCUT2D eigenvalue weighted by molar-refractivity contribution is 7.80. The number of hydrogen-bond donors (Lipinski definition) is 4. The monoisotopic (exact) mass is 696 g/mol. The standard InChI is InChI=1S/C34H40N4O8S2/c1-7-43-31(39)27-19(3)35-33(47)37-29(27)21-11-13-23(25(17-21)41-5)45-15-9-10-16-46-24-14-12-22(18-26(24)42-6)30-28(32(40)44-8-2)20(4)36-34(48)38-30/h9-14,17-18,29-30H,7-8,15-16H2,1-6H3,(H2,35,37,47)(H2,36,38,48)/b10-9-. The molecule has 0 bridgehead atoms. The van der Waals surface area contributed by atoms with Gasteiger partial charge in [-0.1, -0.05) is 12.1 Å². The minimum absolute atomic E-state index is 0.252. The van der Waals surface area contributed by atoms with E-state index >= 15 is 0 Å². The molecule has 2 aromatic rings. The number of thiocarbonyl (C=S) groups is 2. The van der Waals surface area contributed by atoms with Crippen molar-refractivity contribution in [1.82, 2.24) is 21.3 Å². The molecule has 256 valence electrons. The van der Waals surface area contributed by atoms with Crippen molar-refractivity contribution in [3.05, 3.63) is 82.2 Å². The largest absolute Gasteiger partial charge is 0.493 e. The van der Waals surface area contributed by atoms with E-state index < -0.39 is 24.0 Å². The molecule has 0 radical (unpaired) electrons. The summed E-state index contributed by atoms with van der Waals surface area (Å²) >= 11 is 10.7. The van der Waals surface area contributed by atoms with E-state index in [9.17, 15) is 9.59 Å². The van der Waals surface area contributed by atoms with Crippen LogP contribution in [0.2, 0.25) is 0 Å². The number of carbonyl (C=O) groups is 2.